The first-order valence-electron chi connectivity index (χ1n) is 7.96. The zero-order chi connectivity index (χ0) is 19.6. The van der Waals surface area contributed by atoms with E-state index < -0.39 is 17.2 Å². The number of aromatic hydroxyl groups is 1. The zero-order valence-corrected chi connectivity index (χ0v) is 15.5. The topological polar surface area (TPSA) is 130 Å². The van der Waals surface area contributed by atoms with Gasteiger partial charge in [0, 0.05) is 8.75 Å². The monoisotopic (exact) mass is 383 g/mol. The van der Waals surface area contributed by atoms with Crippen LogP contribution in [0.4, 0.5) is 17.3 Å². The maximum atomic E-state index is 11.8. The van der Waals surface area contributed by atoms with E-state index in [1.165, 1.54) is 6.07 Å². The van der Waals surface area contributed by atoms with Gasteiger partial charge in [-0.1, -0.05) is 18.2 Å². The van der Waals surface area contributed by atoms with Gasteiger partial charge in [0.15, 0.2) is 16.9 Å². The maximum Gasteiger partial charge on any atom is 0.237 e. The number of phenolic OH excluding ortho intramolecular Hbond substituents is 1. The number of nitrogens with one attached hydrogen (secondary N) is 2. The molecule has 2 unspecified atom stereocenters. The summed E-state index contributed by atoms with van der Waals surface area (Å²) in [6, 6.07) is 9.81. The molecular weight excluding hydrogens is 366 g/mol. The van der Waals surface area contributed by atoms with Crippen molar-refractivity contribution in [1.82, 2.24) is 8.75 Å². The van der Waals surface area contributed by atoms with E-state index in [-0.39, 0.29) is 28.6 Å². The quantitative estimate of drug-likeness (QED) is 0.329. The number of furan rings is 1. The minimum atomic E-state index is -1.81. The Morgan fingerprint density at radius 3 is 2.70 bits per heavy atom. The highest BCUT2D eigenvalue weighted by molar-refractivity contribution is 7.14. The fraction of sp³-hybridized carbons (Fsp3) is 0.167. The van der Waals surface area contributed by atoms with Gasteiger partial charge in [0.2, 0.25) is 11.6 Å². The lowest BCUT2D eigenvalue weighted by molar-refractivity contribution is 0.472. The first-order valence-corrected chi connectivity index (χ1v) is 9.02. The molecule has 3 aromatic rings. The highest BCUT2D eigenvalue weighted by Crippen LogP contribution is 2.35. The molecule has 0 aliphatic carbocycles. The number of hydrogen-bond acceptors (Lipinski definition) is 8. The van der Waals surface area contributed by atoms with E-state index in [2.05, 4.69) is 26.0 Å². The number of para-hydroxylation sites is 1. The molecule has 0 aliphatic heterocycles. The molecule has 0 fully saturated rings. The van der Waals surface area contributed by atoms with Crippen LogP contribution in [0.25, 0.3) is 0 Å². The van der Waals surface area contributed by atoms with Crippen molar-refractivity contribution >= 4 is 28.5 Å². The molecule has 0 bridgehead atoms. The second-order valence-electron chi connectivity index (χ2n) is 5.92. The molecule has 0 amide bonds. The number of benzene rings is 1. The fourth-order valence-electron chi connectivity index (χ4n) is 2.48. The molecule has 2 atom stereocenters. The van der Waals surface area contributed by atoms with Gasteiger partial charge in [-0.15, -0.1) is 0 Å². The van der Waals surface area contributed by atoms with Gasteiger partial charge in [-0.3, -0.25) is 0 Å². The molecule has 0 aliphatic rings. The van der Waals surface area contributed by atoms with Crippen molar-refractivity contribution in [2.24, 2.45) is 0 Å². The molecule has 2 heterocycles. The largest absolute Gasteiger partial charge is 0.546 e. The summed E-state index contributed by atoms with van der Waals surface area (Å²) in [5.41, 5.74) is 1.12. The second kappa shape index (κ2) is 7.49. The number of rotatable bonds is 6. The van der Waals surface area contributed by atoms with E-state index in [0.717, 1.165) is 11.3 Å². The average Bonchev–Trinajstić information content (AvgIpc) is 3.19. The van der Waals surface area contributed by atoms with Crippen molar-refractivity contribution in [2.75, 3.05) is 10.6 Å². The number of aryl methyl sites for hydroxylation is 1. The van der Waals surface area contributed by atoms with Gasteiger partial charge < -0.3 is 24.7 Å². The average molecular weight is 383 g/mol. The Morgan fingerprint density at radius 1 is 1.33 bits per heavy atom. The van der Waals surface area contributed by atoms with Gasteiger partial charge in [0.05, 0.1) is 11.3 Å². The molecule has 0 spiro atoms. The predicted octanol–water partition coefficient (Wildman–Crippen LogP) is 4.16. The Labute approximate surface area is 158 Å². The Balaban J connectivity index is 1.92. The first-order chi connectivity index (χ1) is 12.9. The number of phenols is 1. The predicted molar refractivity (Wildman–Crippen MR) is 101 cm³/mol. The van der Waals surface area contributed by atoms with Crippen molar-refractivity contribution in [1.29, 1.82) is 5.26 Å². The van der Waals surface area contributed by atoms with Crippen molar-refractivity contribution in [3.05, 3.63) is 59.6 Å². The molecule has 3 N–H and O–H groups in total. The lowest BCUT2D eigenvalue weighted by Crippen LogP contribution is -2.12. The molecule has 138 valence electrons. The summed E-state index contributed by atoms with van der Waals surface area (Å²) in [5, 5.41) is 25.2. The molecule has 27 heavy (non-hydrogen) atoms. The number of hydrogen-bond donors (Lipinski definition) is 3. The molecule has 3 rings (SSSR count). The standard InChI is InChI=1S/C18H17N5O3S/c1-10(2)15(14-8-7-11(3)26-14)21-18-17(22-27(25)23-18)20-13-6-4-5-12(9-19)16(13)24/h4-8,15,24H,1H2,2-3H3,(H,20,22)(H,21,23). The fourth-order valence-corrected chi connectivity index (χ4v) is 3.11. The van der Waals surface area contributed by atoms with Crippen LogP contribution in [0.15, 0.2) is 46.9 Å². The van der Waals surface area contributed by atoms with Crippen LogP contribution in [-0.2, 0) is 0 Å². The number of aromatic nitrogens is 2. The third kappa shape index (κ3) is 3.92. The highest BCUT2D eigenvalue weighted by Gasteiger charge is 2.24. The van der Waals surface area contributed by atoms with Crippen molar-refractivity contribution in [3.63, 3.8) is 0 Å². The van der Waals surface area contributed by atoms with Crippen LogP contribution in [0.2, 0.25) is 0 Å². The molecule has 8 nitrogen and oxygen atoms in total. The Morgan fingerprint density at radius 2 is 2.07 bits per heavy atom. The van der Waals surface area contributed by atoms with Gasteiger partial charge in [-0.2, -0.15) is 5.26 Å². The van der Waals surface area contributed by atoms with Crippen LogP contribution in [-0.4, -0.2) is 18.4 Å². The zero-order valence-electron chi connectivity index (χ0n) is 14.7. The van der Waals surface area contributed by atoms with Crippen LogP contribution < -0.4 is 10.6 Å². The summed E-state index contributed by atoms with van der Waals surface area (Å²) in [5.74, 6) is 1.57. The van der Waals surface area contributed by atoms with Gasteiger partial charge in [-0.05, 0) is 38.1 Å². The summed E-state index contributed by atoms with van der Waals surface area (Å²) in [6.45, 7) is 7.62. The van der Waals surface area contributed by atoms with E-state index in [9.17, 15) is 9.66 Å². The summed E-state index contributed by atoms with van der Waals surface area (Å²) >= 11 is -1.81. The van der Waals surface area contributed by atoms with E-state index in [1.54, 1.807) is 12.1 Å². The van der Waals surface area contributed by atoms with E-state index in [1.807, 2.05) is 32.0 Å². The molecule has 1 aromatic carbocycles. The van der Waals surface area contributed by atoms with E-state index >= 15 is 0 Å². The Bertz CT molecular complexity index is 1030. The number of anilines is 3. The lowest BCUT2D eigenvalue weighted by atomic mass is 10.1. The molecule has 0 saturated heterocycles. The maximum absolute atomic E-state index is 11.8. The molecule has 0 saturated carbocycles. The first kappa shape index (κ1) is 18.4. The van der Waals surface area contributed by atoms with Gasteiger partial charge in [0.25, 0.3) is 0 Å². The Kier molecular flexibility index (Phi) is 5.12. The summed E-state index contributed by atoms with van der Waals surface area (Å²) < 4.78 is 25.4. The van der Waals surface area contributed by atoms with Crippen LogP contribution in [0.5, 0.6) is 5.75 Å². The summed E-state index contributed by atoms with van der Waals surface area (Å²) in [6.07, 6.45) is 0. The van der Waals surface area contributed by atoms with E-state index in [0.29, 0.717) is 5.76 Å². The third-order valence-electron chi connectivity index (χ3n) is 3.79. The van der Waals surface area contributed by atoms with Gasteiger partial charge in [0.1, 0.15) is 23.6 Å². The van der Waals surface area contributed by atoms with Crippen LogP contribution in [0.1, 0.15) is 30.0 Å². The molecular formula is C18H17N5O3S. The SMILES string of the molecule is C=C(C)C(Nc1n[s+]([O-])nc1Nc1cccc(C#N)c1O)c1ccc(C)o1. The highest BCUT2D eigenvalue weighted by atomic mass is 32.2. The van der Waals surface area contributed by atoms with Crippen LogP contribution >= 0.6 is 11.1 Å². The van der Waals surface area contributed by atoms with E-state index in [4.69, 9.17) is 9.68 Å². The number of nitriles is 1. The Hall–Kier alpha value is -3.35. The van der Waals surface area contributed by atoms with Gasteiger partial charge in [-0.25, -0.2) is 0 Å². The number of nitrogens with zero attached hydrogens (tertiary/aromatic N) is 3. The van der Waals surface area contributed by atoms with Crippen molar-refractivity contribution in [3.8, 4) is 11.8 Å². The molecule has 0 radical (unpaired) electrons. The molecule has 2 aromatic heterocycles. The minimum Gasteiger partial charge on any atom is -0.546 e. The summed E-state index contributed by atoms with van der Waals surface area (Å²) in [7, 11) is 0. The van der Waals surface area contributed by atoms with Crippen molar-refractivity contribution in [2.45, 2.75) is 19.9 Å². The second-order valence-corrected chi connectivity index (χ2v) is 6.75. The van der Waals surface area contributed by atoms with Gasteiger partial charge >= 0.3 is 0 Å². The van der Waals surface area contributed by atoms with Crippen LogP contribution in [0.3, 0.4) is 0 Å². The smallest absolute Gasteiger partial charge is 0.237 e. The molecule has 9 heteroatoms. The van der Waals surface area contributed by atoms with Crippen molar-refractivity contribution < 1.29 is 14.1 Å². The minimum absolute atomic E-state index is 0.108. The third-order valence-corrected chi connectivity index (χ3v) is 4.47. The van der Waals surface area contributed by atoms with Crippen LogP contribution in [0, 0.1) is 18.3 Å². The summed E-state index contributed by atoms with van der Waals surface area (Å²) in [4.78, 5) is 0. The lowest BCUT2D eigenvalue weighted by Gasteiger charge is -2.16. The normalized spacial score (nSPS) is 12.3.